The summed E-state index contributed by atoms with van der Waals surface area (Å²) < 4.78 is 5.39. The van der Waals surface area contributed by atoms with Gasteiger partial charge in [-0.1, -0.05) is 12.1 Å². The van der Waals surface area contributed by atoms with E-state index in [-0.39, 0.29) is 19.0 Å². The maximum atomic E-state index is 12.8. The van der Waals surface area contributed by atoms with Crippen molar-refractivity contribution < 1.29 is 23.9 Å². The zero-order valence-corrected chi connectivity index (χ0v) is 16.9. The van der Waals surface area contributed by atoms with Crippen LogP contribution in [-0.4, -0.2) is 40.9 Å². The number of carbonyl (C=O) groups is 4. The number of ether oxygens (including phenoxy) is 1. The molecule has 2 aromatic carbocycles. The number of fused-ring (bicyclic) bond motifs is 2. The maximum Gasteiger partial charge on any atom is 0.411 e. The normalized spacial score (nSPS) is 16.0. The predicted molar refractivity (Wildman–Crippen MR) is 109 cm³/mol. The maximum absolute atomic E-state index is 12.8. The molecule has 0 radical (unpaired) electrons. The van der Waals surface area contributed by atoms with Gasteiger partial charge < -0.3 is 10.1 Å². The van der Waals surface area contributed by atoms with Gasteiger partial charge in [-0.3, -0.25) is 19.3 Å². The van der Waals surface area contributed by atoms with E-state index in [9.17, 15) is 19.2 Å². The molecule has 0 fully saturated rings. The van der Waals surface area contributed by atoms with Crippen LogP contribution in [0.3, 0.4) is 0 Å². The summed E-state index contributed by atoms with van der Waals surface area (Å²) in [5, 5.41) is 2.75. The molecular weight excluding hydrogens is 386 g/mol. The number of anilines is 2. The van der Waals surface area contributed by atoms with Gasteiger partial charge in [0.25, 0.3) is 11.8 Å². The minimum absolute atomic E-state index is 0.0972. The molecule has 1 N–H and O–H groups in total. The molecule has 4 amide bonds. The molecule has 2 heterocycles. The third-order valence-corrected chi connectivity index (χ3v) is 4.76. The van der Waals surface area contributed by atoms with Gasteiger partial charge in [0.15, 0.2) is 0 Å². The van der Waals surface area contributed by atoms with Gasteiger partial charge in [0.1, 0.15) is 12.1 Å². The first-order valence-electron chi connectivity index (χ1n) is 9.52. The molecule has 0 unspecified atom stereocenters. The van der Waals surface area contributed by atoms with Crippen molar-refractivity contribution >= 4 is 35.2 Å². The van der Waals surface area contributed by atoms with Gasteiger partial charge in [-0.05, 0) is 56.7 Å². The number of rotatable bonds is 1. The lowest BCUT2D eigenvalue weighted by atomic mass is 10.1. The lowest BCUT2D eigenvalue weighted by Gasteiger charge is -2.26. The third kappa shape index (κ3) is 3.52. The highest BCUT2D eigenvalue weighted by molar-refractivity contribution is 6.34. The topological polar surface area (TPSA) is 96.0 Å². The van der Waals surface area contributed by atoms with E-state index in [0.717, 1.165) is 4.90 Å². The molecule has 0 spiro atoms. The molecule has 4 rings (SSSR count). The summed E-state index contributed by atoms with van der Waals surface area (Å²) in [5.41, 5.74) is 1.49. The lowest BCUT2D eigenvalue weighted by Crippen LogP contribution is -2.39. The van der Waals surface area contributed by atoms with Gasteiger partial charge in [0.2, 0.25) is 5.91 Å². The average Bonchev–Trinajstić information content (AvgIpc) is 2.81. The van der Waals surface area contributed by atoms with E-state index >= 15 is 0 Å². The van der Waals surface area contributed by atoms with Crippen LogP contribution in [0.5, 0.6) is 0 Å². The SMILES string of the molecule is CC(C)(C)OC(=O)N1CC(=O)Nc2ccc(N3C(=O)c4ccccc4C3=O)cc2C1. The van der Waals surface area contributed by atoms with E-state index < -0.39 is 23.5 Å². The van der Waals surface area contributed by atoms with Gasteiger partial charge >= 0.3 is 6.09 Å². The number of nitrogens with one attached hydrogen (secondary N) is 1. The van der Waals surface area contributed by atoms with E-state index in [1.54, 1.807) is 63.2 Å². The van der Waals surface area contributed by atoms with E-state index in [1.165, 1.54) is 4.90 Å². The van der Waals surface area contributed by atoms with E-state index in [0.29, 0.717) is 28.1 Å². The fourth-order valence-corrected chi connectivity index (χ4v) is 3.48. The van der Waals surface area contributed by atoms with Crippen LogP contribution >= 0.6 is 0 Å². The molecule has 8 nitrogen and oxygen atoms in total. The van der Waals surface area contributed by atoms with Crippen molar-refractivity contribution in [2.24, 2.45) is 0 Å². The number of amides is 4. The molecule has 2 aliphatic rings. The summed E-state index contributed by atoms with van der Waals surface area (Å²) in [6, 6.07) is 11.5. The van der Waals surface area contributed by atoms with Crippen molar-refractivity contribution in [3.8, 4) is 0 Å². The fourth-order valence-electron chi connectivity index (χ4n) is 3.48. The van der Waals surface area contributed by atoms with Gasteiger partial charge in [-0.2, -0.15) is 0 Å². The first-order valence-corrected chi connectivity index (χ1v) is 9.52. The van der Waals surface area contributed by atoms with Crippen molar-refractivity contribution in [3.63, 3.8) is 0 Å². The minimum Gasteiger partial charge on any atom is -0.444 e. The Hall–Kier alpha value is -3.68. The van der Waals surface area contributed by atoms with Crippen molar-refractivity contribution in [3.05, 3.63) is 59.2 Å². The smallest absolute Gasteiger partial charge is 0.411 e. The second-order valence-corrected chi connectivity index (χ2v) is 8.22. The Morgan fingerprint density at radius 3 is 2.20 bits per heavy atom. The van der Waals surface area contributed by atoms with Crippen LogP contribution in [0.25, 0.3) is 0 Å². The molecule has 2 aliphatic heterocycles. The molecule has 0 aliphatic carbocycles. The first kappa shape index (κ1) is 19.6. The highest BCUT2D eigenvalue weighted by Crippen LogP contribution is 2.32. The zero-order valence-electron chi connectivity index (χ0n) is 16.9. The second kappa shape index (κ2) is 6.98. The molecule has 0 bridgehead atoms. The Kier molecular flexibility index (Phi) is 4.57. The predicted octanol–water partition coefficient (Wildman–Crippen LogP) is 3.18. The number of hydrogen-bond donors (Lipinski definition) is 1. The van der Waals surface area contributed by atoms with Crippen LogP contribution in [0.4, 0.5) is 16.2 Å². The lowest BCUT2D eigenvalue weighted by molar-refractivity contribution is -0.117. The first-order chi connectivity index (χ1) is 14.1. The van der Waals surface area contributed by atoms with Crippen LogP contribution in [-0.2, 0) is 16.1 Å². The molecule has 0 saturated heterocycles. The van der Waals surface area contributed by atoms with Crippen molar-refractivity contribution in [2.75, 3.05) is 16.8 Å². The second-order valence-electron chi connectivity index (χ2n) is 8.22. The Morgan fingerprint density at radius 2 is 1.60 bits per heavy atom. The van der Waals surface area contributed by atoms with Crippen molar-refractivity contribution in [1.29, 1.82) is 0 Å². The largest absolute Gasteiger partial charge is 0.444 e. The summed E-state index contributed by atoms with van der Waals surface area (Å²) in [4.78, 5) is 52.7. The molecule has 0 aromatic heterocycles. The highest BCUT2D eigenvalue weighted by atomic mass is 16.6. The molecule has 154 valence electrons. The number of imide groups is 1. The molecular formula is C22H21N3O5. The zero-order chi connectivity index (χ0) is 21.6. The van der Waals surface area contributed by atoms with E-state index in [2.05, 4.69) is 5.32 Å². The number of nitrogens with zero attached hydrogens (tertiary/aromatic N) is 2. The third-order valence-electron chi connectivity index (χ3n) is 4.76. The van der Waals surface area contributed by atoms with Crippen LogP contribution in [0.15, 0.2) is 42.5 Å². The van der Waals surface area contributed by atoms with Crippen LogP contribution in [0.2, 0.25) is 0 Å². The van der Waals surface area contributed by atoms with Gasteiger partial charge in [-0.15, -0.1) is 0 Å². The Balaban J connectivity index is 1.67. The molecule has 8 heteroatoms. The van der Waals surface area contributed by atoms with Crippen molar-refractivity contribution in [2.45, 2.75) is 32.9 Å². The number of hydrogen-bond acceptors (Lipinski definition) is 5. The number of benzene rings is 2. The van der Waals surface area contributed by atoms with Crippen molar-refractivity contribution in [1.82, 2.24) is 4.90 Å². The van der Waals surface area contributed by atoms with E-state index in [1.807, 2.05) is 0 Å². The molecule has 2 aromatic rings. The monoisotopic (exact) mass is 407 g/mol. The minimum atomic E-state index is -0.704. The summed E-state index contributed by atoms with van der Waals surface area (Å²) in [7, 11) is 0. The van der Waals surface area contributed by atoms with Crippen LogP contribution < -0.4 is 10.2 Å². The fraction of sp³-hybridized carbons (Fsp3) is 0.273. The van der Waals surface area contributed by atoms with Crippen LogP contribution in [0, 0.1) is 0 Å². The summed E-state index contributed by atoms with van der Waals surface area (Å²) in [6.45, 7) is 5.18. The Morgan fingerprint density at radius 1 is 0.967 bits per heavy atom. The molecule has 0 saturated carbocycles. The highest BCUT2D eigenvalue weighted by Gasteiger charge is 2.37. The number of carbonyl (C=O) groups excluding carboxylic acids is 4. The van der Waals surface area contributed by atoms with E-state index in [4.69, 9.17) is 4.74 Å². The molecule has 0 atom stereocenters. The van der Waals surface area contributed by atoms with Gasteiger partial charge in [-0.25, -0.2) is 9.69 Å². The van der Waals surface area contributed by atoms with Gasteiger partial charge in [0, 0.05) is 5.69 Å². The Labute approximate surface area is 173 Å². The standard InChI is InChI=1S/C22H21N3O5/c1-22(2,3)30-21(29)24-11-13-10-14(8-9-17(13)23-18(26)12-24)25-19(27)15-6-4-5-7-16(15)20(25)28/h4-10H,11-12H2,1-3H3,(H,23,26). The summed E-state index contributed by atoms with van der Waals surface area (Å²) >= 11 is 0. The Bertz CT molecular complexity index is 1050. The van der Waals surface area contributed by atoms with Crippen LogP contribution in [0.1, 0.15) is 47.1 Å². The quantitative estimate of drug-likeness (QED) is 0.733. The van der Waals surface area contributed by atoms with Gasteiger partial charge in [0.05, 0.1) is 23.4 Å². The summed E-state index contributed by atoms with van der Waals surface area (Å²) in [6.07, 6.45) is -0.614. The summed E-state index contributed by atoms with van der Waals surface area (Å²) in [5.74, 6) is -1.16. The average molecular weight is 407 g/mol. The molecule has 30 heavy (non-hydrogen) atoms.